The number of hydrogen-bond donors (Lipinski definition) is 1. The molecule has 3 rings (SSSR count). The number of nitrogens with zero attached hydrogens (tertiary/aromatic N) is 3. The van der Waals surface area contributed by atoms with Crippen LogP contribution >= 0.6 is 0 Å². The van der Waals surface area contributed by atoms with Crippen LogP contribution in [0, 0.1) is 6.92 Å². The van der Waals surface area contributed by atoms with Crippen LogP contribution in [0.4, 0.5) is 0 Å². The molecule has 1 aromatic carbocycles. The molecule has 0 spiro atoms. The molecule has 0 saturated carbocycles. The number of hydrogen-bond acceptors (Lipinski definition) is 3. The quantitative estimate of drug-likeness (QED) is 0.789. The fourth-order valence-corrected chi connectivity index (χ4v) is 3.20. The number of aliphatic hydroxyl groups is 1. The molecule has 2 aromatic heterocycles. The molecule has 0 unspecified atom stereocenters. The van der Waals surface area contributed by atoms with Crippen LogP contribution in [-0.2, 0) is 19.6 Å². The van der Waals surface area contributed by atoms with Crippen LogP contribution in [0.5, 0.6) is 0 Å². The number of rotatable bonds is 3. The van der Waals surface area contributed by atoms with E-state index in [1.54, 1.807) is 13.2 Å². The molecule has 1 N–H and O–H groups in total. The molecule has 132 valence electrons. The van der Waals surface area contributed by atoms with Crippen molar-refractivity contribution in [2.45, 2.75) is 26.3 Å². The van der Waals surface area contributed by atoms with E-state index < -0.39 is 5.54 Å². The van der Waals surface area contributed by atoms with Crippen LogP contribution in [0.1, 0.15) is 19.4 Å². The highest BCUT2D eigenvalue weighted by Gasteiger charge is 2.28. The van der Waals surface area contributed by atoms with Gasteiger partial charge in [0.25, 0.3) is 5.56 Å². The largest absolute Gasteiger partial charge is 0.394 e. The minimum Gasteiger partial charge on any atom is -0.394 e. The van der Waals surface area contributed by atoms with Crippen molar-refractivity contribution in [3.63, 3.8) is 0 Å². The van der Waals surface area contributed by atoms with Crippen LogP contribution in [0.25, 0.3) is 22.2 Å². The Morgan fingerprint density at radius 1 is 1.08 bits per heavy atom. The first-order valence-corrected chi connectivity index (χ1v) is 8.19. The van der Waals surface area contributed by atoms with E-state index in [0.29, 0.717) is 10.9 Å². The minimum atomic E-state index is -0.627. The Kier molecular flexibility index (Phi) is 3.95. The Morgan fingerprint density at radius 2 is 1.72 bits per heavy atom. The van der Waals surface area contributed by atoms with Crippen molar-refractivity contribution in [1.29, 1.82) is 0 Å². The number of aromatic nitrogens is 3. The van der Waals surface area contributed by atoms with Gasteiger partial charge in [-0.05, 0) is 26.3 Å². The van der Waals surface area contributed by atoms with Gasteiger partial charge in [0.1, 0.15) is 0 Å². The predicted octanol–water partition coefficient (Wildman–Crippen LogP) is 1.74. The number of aliphatic hydroxyl groups excluding tert-OH is 1. The number of fused-ring (bicyclic) bond motifs is 1. The first kappa shape index (κ1) is 17.2. The predicted molar refractivity (Wildman–Crippen MR) is 99.0 cm³/mol. The molecule has 6 nitrogen and oxygen atoms in total. The zero-order valence-electron chi connectivity index (χ0n) is 15.2. The number of aryl methyl sites for hydroxylation is 2. The zero-order chi connectivity index (χ0) is 18.5. The smallest absolute Gasteiger partial charge is 0.330 e. The lowest BCUT2D eigenvalue weighted by Crippen LogP contribution is -2.36. The molecule has 0 radical (unpaired) electrons. The molecular formula is C19H23N3O3. The van der Waals surface area contributed by atoms with E-state index in [1.165, 1.54) is 11.6 Å². The lowest BCUT2D eigenvalue weighted by Gasteiger charge is -2.27. The minimum absolute atomic E-state index is 0.0961. The Labute approximate surface area is 145 Å². The average Bonchev–Trinajstić information content (AvgIpc) is 3.00. The molecule has 0 bridgehead atoms. The summed E-state index contributed by atoms with van der Waals surface area (Å²) in [5.41, 5.74) is 1.90. The van der Waals surface area contributed by atoms with Crippen LogP contribution in [0.3, 0.4) is 0 Å². The average molecular weight is 341 g/mol. The van der Waals surface area contributed by atoms with E-state index >= 15 is 0 Å². The second kappa shape index (κ2) is 5.74. The van der Waals surface area contributed by atoms with Gasteiger partial charge in [0, 0.05) is 25.9 Å². The van der Waals surface area contributed by atoms with Crippen molar-refractivity contribution >= 4 is 10.9 Å². The van der Waals surface area contributed by atoms with Crippen molar-refractivity contribution in [3.8, 4) is 11.3 Å². The third kappa shape index (κ3) is 2.44. The summed E-state index contributed by atoms with van der Waals surface area (Å²) in [6, 6.07) is 7.80. The second-order valence-corrected chi connectivity index (χ2v) is 7.10. The van der Waals surface area contributed by atoms with E-state index in [1.807, 2.05) is 49.6 Å². The topological polar surface area (TPSA) is 69.2 Å². The summed E-state index contributed by atoms with van der Waals surface area (Å²) < 4.78 is 4.50. The first-order valence-electron chi connectivity index (χ1n) is 8.19. The van der Waals surface area contributed by atoms with Gasteiger partial charge in [-0.1, -0.05) is 24.3 Å². The van der Waals surface area contributed by atoms with Gasteiger partial charge in [-0.25, -0.2) is 4.79 Å². The Bertz CT molecular complexity index is 1080. The van der Waals surface area contributed by atoms with Gasteiger partial charge < -0.3 is 9.67 Å². The summed E-state index contributed by atoms with van der Waals surface area (Å²) >= 11 is 0. The maximum atomic E-state index is 12.9. The Morgan fingerprint density at radius 3 is 2.32 bits per heavy atom. The summed E-state index contributed by atoms with van der Waals surface area (Å²) in [5.74, 6) is 0. The van der Waals surface area contributed by atoms with Gasteiger partial charge in [-0.15, -0.1) is 0 Å². The molecule has 2 heterocycles. The molecule has 0 amide bonds. The first-order chi connectivity index (χ1) is 11.7. The molecule has 0 aliphatic rings. The van der Waals surface area contributed by atoms with Crippen molar-refractivity contribution in [2.75, 3.05) is 6.61 Å². The zero-order valence-corrected chi connectivity index (χ0v) is 15.2. The second-order valence-electron chi connectivity index (χ2n) is 7.10. The molecular weight excluding hydrogens is 318 g/mol. The van der Waals surface area contributed by atoms with Crippen LogP contribution in [-0.4, -0.2) is 25.4 Å². The lowest BCUT2D eigenvalue weighted by molar-refractivity contribution is 0.166. The van der Waals surface area contributed by atoms with Gasteiger partial charge in [-0.2, -0.15) is 0 Å². The van der Waals surface area contributed by atoms with Crippen molar-refractivity contribution in [2.24, 2.45) is 14.1 Å². The molecule has 0 saturated heterocycles. The molecule has 6 heteroatoms. The number of benzene rings is 1. The highest BCUT2D eigenvalue weighted by Crippen LogP contribution is 2.34. The highest BCUT2D eigenvalue weighted by molar-refractivity contribution is 5.94. The van der Waals surface area contributed by atoms with E-state index in [4.69, 9.17) is 0 Å². The van der Waals surface area contributed by atoms with Gasteiger partial charge in [-0.3, -0.25) is 13.9 Å². The van der Waals surface area contributed by atoms with Crippen molar-refractivity contribution < 1.29 is 5.11 Å². The molecule has 0 aliphatic carbocycles. The van der Waals surface area contributed by atoms with Crippen LogP contribution < -0.4 is 11.2 Å². The SMILES string of the molecule is Cc1ccccc1-c1c2c(=O)n(C)c(=O)n(C)c2cn1C(C)(C)CO. The Hall–Kier alpha value is -2.60. The third-order valence-corrected chi connectivity index (χ3v) is 4.88. The van der Waals surface area contributed by atoms with E-state index in [-0.39, 0.29) is 17.9 Å². The van der Waals surface area contributed by atoms with E-state index in [0.717, 1.165) is 21.4 Å². The Balaban J connectivity index is 2.61. The summed E-state index contributed by atoms with van der Waals surface area (Å²) in [4.78, 5) is 25.2. The van der Waals surface area contributed by atoms with Crippen LogP contribution in [0.2, 0.25) is 0 Å². The van der Waals surface area contributed by atoms with Gasteiger partial charge in [0.15, 0.2) is 0 Å². The normalized spacial score (nSPS) is 12.1. The van der Waals surface area contributed by atoms with E-state index in [2.05, 4.69) is 0 Å². The lowest BCUT2D eigenvalue weighted by atomic mass is 10.0. The summed E-state index contributed by atoms with van der Waals surface area (Å²) in [5, 5.41) is 10.4. The van der Waals surface area contributed by atoms with Gasteiger partial charge >= 0.3 is 5.69 Å². The van der Waals surface area contributed by atoms with Crippen molar-refractivity contribution in [1.82, 2.24) is 13.7 Å². The van der Waals surface area contributed by atoms with Crippen molar-refractivity contribution in [3.05, 3.63) is 56.9 Å². The monoisotopic (exact) mass is 341 g/mol. The summed E-state index contributed by atoms with van der Waals surface area (Å²) in [6.45, 7) is 5.69. The fraction of sp³-hybridized carbons (Fsp3) is 0.368. The maximum absolute atomic E-state index is 12.9. The molecule has 25 heavy (non-hydrogen) atoms. The summed E-state index contributed by atoms with van der Waals surface area (Å²) in [6.07, 6.45) is 1.79. The van der Waals surface area contributed by atoms with Gasteiger partial charge in [0.05, 0.1) is 28.7 Å². The molecule has 0 atom stereocenters. The van der Waals surface area contributed by atoms with Gasteiger partial charge in [0.2, 0.25) is 0 Å². The standard InChI is InChI=1S/C19H23N3O3/c1-12-8-6-7-9-13(12)16-15-14(10-22(16)19(2,3)11-23)20(4)18(25)21(5)17(15)24/h6-10,23H,11H2,1-5H3. The third-order valence-electron chi connectivity index (χ3n) is 4.88. The fourth-order valence-electron chi connectivity index (χ4n) is 3.20. The molecule has 3 aromatic rings. The molecule has 0 aliphatic heterocycles. The molecule has 0 fully saturated rings. The van der Waals surface area contributed by atoms with E-state index in [9.17, 15) is 14.7 Å². The van der Waals surface area contributed by atoms with Crippen LogP contribution in [0.15, 0.2) is 40.1 Å². The maximum Gasteiger partial charge on any atom is 0.330 e. The highest BCUT2D eigenvalue weighted by atomic mass is 16.3. The summed E-state index contributed by atoms with van der Waals surface area (Å²) in [7, 11) is 3.14.